The van der Waals surface area contributed by atoms with Crippen LogP contribution in [-0.4, -0.2) is 14.0 Å². The van der Waals surface area contributed by atoms with Crippen molar-refractivity contribution in [2.75, 3.05) is 0 Å². The smallest absolute Gasteiger partial charge is 0.207 e. The monoisotopic (exact) mass is 312 g/mol. The van der Waals surface area contributed by atoms with Crippen LogP contribution in [0.5, 0.6) is 0 Å². The summed E-state index contributed by atoms with van der Waals surface area (Å²) >= 11 is 5.82. The molecule has 1 aromatic carbocycles. The molecule has 0 unspecified atom stereocenters. The molecule has 20 heavy (non-hydrogen) atoms. The van der Waals surface area contributed by atoms with Crippen LogP contribution in [0.3, 0.4) is 0 Å². The number of rotatable bonds is 3. The Morgan fingerprint density at radius 2 is 2.05 bits per heavy atom. The Kier molecular flexibility index (Phi) is 4.38. The van der Waals surface area contributed by atoms with Crippen molar-refractivity contribution < 1.29 is 8.42 Å². The maximum absolute atomic E-state index is 12.4. The van der Waals surface area contributed by atoms with Gasteiger partial charge in [-0.1, -0.05) is 24.6 Å². The standard InChI is InChI=1S/C14H17ClN2O2S/c1-11-5-7-14(10-16,8-6-11)17-20(18,19)13-4-2-3-12(15)9-13/h2-4,9,11,17H,5-8H2,1H3. The zero-order chi connectivity index (χ0) is 14.8. The van der Waals surface area contributed by atoms with Crippen molar-refractivity contribution in [3.63, 3.8) is 0 Å². The van der Waals surface area contributed by atoms with Gasteiger partial charge in [0.2, 0.25) is 10.0 Å². The summed E-state index contributed by atoms with van der Waals surface area (Å²) in [4.78, 5) is 0.0956. The Balaban J connectivity index is 2.25. The average molecular weight is 313 g/mol. The zero-order valence-corrected chi connectivity index (χ0v) is 12.8. The second-order valence-corrected chi connectivity index (χ2v) is 7.56. The van der Waals surface area contributed by atoms with Gasteiger partial charge in [-0.15, -0.1) is 0 Å². The Bertz CT molecular complexity index is 629. The van der Waals surface area contributed by atoms with Gasteiger partial charge in [-0.25, -0.2) is 8.42 Å². The van der Waals surface area contributed by atoms with Crippen molar-refractivity contribution in [3.8, 4) is 6.07 Å². The zero-order valence-electron chi connectivity index (χ0n) is 11.3. The lowest BCUT2D eigenvalue weighted by Crippen LogP contribution is -2.49. The molecule has 0 spiro atoms. The number of nitrogens with zero attached hydrogens (tertiary/aromatic N) is 1. The largest absolute Gasteiger partial charge is 0.241 e. The summed E-state index contributed by atoms with van der Waals surface area (Å²) in [7, 11) is -3.73. The summed E-state index contributed by atoms with van der Waals surface area (Å²) in [6.07, 6.45) is 2.80. The highest BCUT2D eigenvalue weighted by Gasteiger charge is 2.38. The Morgan fingerprint density at radius 1 is 1.40 bits per heavy atom. The van der Waals surface area contributed by atoms with Gasteiger partial charge in [-0.2, -0.15) is 9.98 Å². The molecule has 0 radical (unpaired) electrons. The van der Waals surface area contributed by atoms with Gasteiger partial charge in [0, 0.05) is 5.02 Å². The topological polar surface area (TPSA) is 70.0 Å². The normalized spacial score (nSPS) is 26.9. The molecular weight excluding hydrogens is 296 g/mol. The molecule has 0 heterocycles. The first-order chi connectivity index (χ1) is 9.37. The van der Waals surface area contributed by atoms with E-state index in [0.29, 0.717) is 23.8 Å². The van der Waals surface area contributed by atoms with Crippen LogP contribution in [0.25, 0.3) is 0 Å². The number of nitriles is 1. The van der Waals surface area contributed by atoms with Crippen molar-refractivity contribution in [1.29, 1.82) is 5.26 Å². The number of hydrogen-bond acceptors (Lipinski definition) is 3. The Hall–Kier alpha value is -1.09. The van der Waals surface area contributed by atoms with Crippen LogP contribution >= 0.6 is 11.6 Å². The van der Waals surface area contributed by atoms with Crippen LogP contribution in [0, 0.1) is 17.2 Å². The van der Waals surface area contributed by atoms with E-state index in [1.165, 1.54) is 12.1 Å². The third-order valence-electron chi connectivity index (χ3n) is 3.78. The molecule has 0 atom stereocenters. The van der Waals surface area contributed by atoms with Crippen molar-refractivity contribution in [2.24, 2.45) is 5.92 Å². The molecule has 1 aromatic rings. The van der Waals surface area contributed by atoms with Gasteiger partial charge in [0.1, 0.15) is 5.54 Å². The first-order valence-corrected chi connectivity index (χ1v) is 8.44. The quantitative estimate of drug-likeness (QED) is 0.932. The SMILES string of the molecule is CC1CCC(C#N)(NS(=O)(=O)c2cccc(Cl)c2)CC1. The minimum absolute atomic E-state index is 0.0956. The molecule has 1 N–H and O–H groups in total. The van der Waals surface area contributed by atoms with Crippen LogP contribution in [0.15, 0.2) is 29.2 Å². The molecule has 6 heteroatoms. The number of hydrogen-bond donors (Lipinski definition) is 1. The van der Waals surface area contributed by atoms with Crippen LogP contribution < -0.4 is 4.72 Å². The van der Waals surface area contributed by atoms with Gasteiger partial charge >= 0.3 is 0 Å². The second-order valence-electron chi connectivity index (χ2n) is 5.44. The third-order valence-corrected chi connectivity index (χ3v) is 5.55. The van der Waals surface area contributed by atoms with Gasteiger partial charge in [-0.05, 0) is 49.8 Å². The van der Waals surface area contributed by atoms with Crippen molar-refractivity contribution in [3.05, 3.63) is 29.3 Å². The summed E-state index contributed by atoms with van der Waals surface area (Å²) in [5.41, 5.74) is -0.992. The van der Waals surface area contributed by atoms with Crippen molar-refractivity contribution in [1.82, 2.24) is 4.72 Å². The summed E-state index contributed by atoms with van der Waals surface area (Å²) in [6.45, 7) is 2.12. The molecule has 4 nitrogen and oxygen atoms in total. The van der Waals surface area contributed by atoms with Gasteiger partial charge in [0.05, 0.1) is 11.0 Å². The number of halogens is 1. The minimum Gasteiger partial charge on any atom is -0.207 e. The van der Waals surface area contributed by atoms with E-state index in [0.717, 1.165) is 12.8 Å². The van der Waals surface area contributed by atoms with Crippen molar-refractivity contribution >= 4 is 21.6 Å². The van der Waals surface area contributed by atoms with Gasteiger partial charge in [0.25, 0.3) is 0 Å². The second kappa shape index (κ2) is 5.72. The van der Waals surface area contributed by atoms with E-state index in [9.17, 15) is 13.7 Å². The maximum Gasteiger partial charge on any atom is 0.241 e. The molecule has 1 fully saturated rings. The summed E-state index contributed by atoms with van der Waals surface area (Å²) < 4.78 is 27.3. The van der Waals surface area contributed by atoms with Crippen LogP contribution in [0.2, 0.25) is 5.02 Å². The Morgan fingerprint density at radius 3 is 2.60 bits per heavy atom. The Labute approximate surface area is 124 Å². The molecule has 1 aliphatic carbocycles. The fraction of sp³-hybridized carbons (Fsp3) is 0.500. The lowest BCUT2D eigenvalue weighted by atomic mass is 9.79. The molecule has 0 aromatic heterocycles. The van der Waals surface area contributed by atoms with Crippen LogP contribution in [-0.2, 0) is 10.0 Å². The number of benzene rings is 1. The highest BCUT2D eigenvalue weighted by Crippen LogP contribution is 2.32. The average Bonchev–Trinajstić information content (AvgIpc) is 2.41. The van der Waals surface area contributed by atoms with Crippen LogP contribution in [0.1, 0.15) is 32.6 Å². The maximum atomic E-state index is 12.4. The third kappa shape index (κ3) is 3.32. The molecule has 1 aliphatic rings. The van der Waals surface area contributed by atoms with E-state index in [-0.39, 0.29) is 4.90 Å². The minimum atomic E-state index is -3.73. The lowest BCUT2D eigenvalue weighted by molar-refractivity contribution is 0.278. The van der Waals surface area contributed by atoms with E-state index < -0.39 is 15.6 Å². The van der Waals surface area contributed by atoms with E-state index in [1.807, 2.05) is 0 Å². The number of sulfonamides is 1. The molecular formula is C14H17ClN2O2S. The fourth-order valence-electron chi connectivity index (χ4n) is 2.44. The molecule has 0 saturated heterocycles. The summed E-state index contributed by atoms with van der Waals surface area (Å²) in [6, 6.07) is 8.22. The highest BCUT2D eigenvalue weighted by atomic mass is 35.5. The van der Waals surface area contributed by atoms with E-state index in [1.54, 1.807) is 12.1 Å². The van der Waals surface area contributed by atoms with E-state index in [4.69, 9.17) is 11.6 Å². The predicted octanol–water partition coefficient (Wildman–Crippen LogP) is 3.09. The molecule has 0 aliphatic heterocycles. The van der Waals surface area contributed by atoms with E-state index >= 15 is 0 Å². The fourth-order valence-corrected chi connectivity index (χ4v) is 4.12. The number of nitrogens with one attached hydrogen (secondary N) is 1. The molecule has 0 bridgehead atoms. The predicted molar refractivity (Wildman–Crippen MR) is 77.7 cm³/mol. The van der Waals surface area contributed by atoms with Gasteiger partial charge < -0.3 is 0 Å². The van der Waals surface area contributed by atoms with Gasteiger partial charge in [0.15, 0.2) is 0 Å². The summed E-state index contributed by atoms with van der Waals surface area (Å²) in [5.74, 6) is 0.534. The first kappa shape index (κ1) is 15.3. The molecule has 0 amide bonds. The highest BCUT2D eigenvalue weighted by molar-refractivity contribution is 7.89. The van der Waals surface area contributed by atoms with E-state index in [2.05, 4.69) is 17.7 Å². The molecule has 2 rings (SSSR count). The molecule has 1 saturated carbocycles. The summed E-state index contributed by atoms with van der Waals surface area (Å²) in [5, 5.41) is 9.75. The molecule has 108 valence electrons. The van der Waals surface area contributed by atoms with Crippen molar-refractivity contribution in [2.45, 2.75) is 43.0 Å². The van der Waals surface area contributed by atoms with Crippen LogP contribution in [0.4, 0.5) is 0 Å². The first-order valence-electron chi connectivity index (χ1n) is 6.58. The van der Waals surface area contributed by atoms with Gasteiger partial charge in [-0.3, -0.25) is 0 Å². The lowest BCUT2D eigenvalue weighted by Gasteiger charge is -2.34.